The number of rotatable bonds is 1. The van der Waals surface area contributed by atoms with Crippen LogP contribution in [-0.2, 0) is 4.79 Å². The lowest BCUT2D eigenvalue weighted by molar-refractivity contribution is -0.119. The number of carbonyl (C=O) groups is 1. The molecule has 0 aromatic rings. The molecule has 0 radical (unpaired) electrons. The van der Waals surface area contributed by atoms with E-state index in [1.165, 1.54) is 0 Å². The molecule has 0 amide bonds. The summed E-state index contributed by atoms with van der Waals surface area (Å²) in [6.45, 7) is 2.16. The van der Waals surface area contributed by atoms with Gasteiger partial charge in [0.1, 0.15) is 5.60 Å². The Morgan fingerprint density at radius 3 is 2.79 bits per heavy atom. The number of fused-ring (bicyclic) bond motifs is 5. The lowest BCUT2D eigenvalue weighted by atomic mass is 9.49. The van der Waals surface area contributed by atoms with Gasteiger partial charge in [-0.05, 0) is 80.3 Å². The van der Waals surface area contributed by atoms with Crippen molar-refractivity contribution in [1.29, 1.82) is 0 Å². The van der Waals surface area contributed by atoms with Crippen LogP contribution in [0.4, 0.5) is 0 Å². The Hall–Kier alpha value is -1.11. The van der Waals surface area contributed by atoms with Gasteiger partial charge in [-0.3, -0.25) is 4.79 Å². The van der Waals surface area contributed by atoms with Crippen molar-refractivity contribution in [2.45, 2.75) is 70.0 Å². The predicted octanol–water partition coefficient (Wildman–Crippen LogP) is 2.85. The van der Waals surface area contributed by atoms with E-state index in [4.69, 9.17) is 6.42 Å². The molecule has 0 unspecified atom stereocenters. The minimum absolute atomic E-state index is 0.167. The summed E-state index contributed by atoms with van der Waals surface area (Å²) in [4.78, 5) is 11.8. The molecule has 0 spiro atoms. The summed E-state index contributed by atoms with van der Waals surface area (Å²) in [5, 5.41) is 21.8. The Bertz CT molecular complexity index is 629. The number of aliphatic hydroxyl groups excluding tert-OH is 1. The van der Waals surface area contributed by atoms with Gasteiger partial charge >= 0.3 is 0 Å². The number of hydrogen-bond acceptors (Lipinski definition) is 3. The fraction of sp³-hybridized carbons (Fsp3) is 0.762. The van der Waals surface area contributed by atoms with Crippen LogP contribution in [0.1, 0.15) is 58.3 Å². The van der Waals surface area contributed by atoms with Crippen LogP contribution in [0.3, 0.4) is 0 Å². The average molecular weight is 328 g/mol. The van der Waals surface area contributed by atoms with Crippen molar-refractivity contribution in [3.05, 3.63) is 11.6 Å². The second-order valence-corrected chi connectivity index (χ2v) is 8.53. The van der Waals surface area contributed by atoms with Crippen molar-refractivity contribution >= 4 is 5.78 Å². The van der Waals surface area contributed by atoms with E-state index in [0.717, 1.165) is 44.1 Å². The highest BCUT2D eigenvalue weighted by atomic mass is 16.3. The third-order valence-corrected chi connectivity index (χ3v) is 8.07. The summed E-state index contributed by atoms with van der Waals surface area (Å²) in [5.74, 6) is 4.62. The minimum atomic E-state index is -0.985. The van der Waals surface area contributed by atoms with E-state index in [1.807, 2.05) is 0 Å². The van der Waals surface area contributed by atoms with Gasteiger partial charge in [-0.2, -0.15) is 0 Å². The summed E-state index contributed by atoms with van der Waals surface area (Å²) < 4.78 is 0. The summed E-state index contributed by atoms with van der Waals surface area (Å²) in [7, 11) is 0. The number of hydrogen-bond donors (Lipinski definition) is 2. The number of carbonyl (C=O) groups excluding carboxylic acids is 1. The predicted molar refractivity (Wildman–Crippen MR) is 91.9 cm³/mol. The molecule has 3 fully saturated rings. The first-order valence-corrected chi connectivity index (χ1v) is 9.58. The molecular formula is C21H28O3. The molecular weight excluding hydrogens is 300 g/mol. The molecule has 0 aromatic carbocycles. The van der Waals surface area contributed by atoms with Crippen LogP contribution >= 0.6 is 0 Å². The second-order valence-electron chi connectivity index (χ2n) is 8.53. The second kappa shape index (κ2) is 5.44. The zero-order valence-corrected chi connectivity index (χ0v) is 14.5. The molecule has 7 atom stereocenters. The number of ketones is 1. The minimum Gasteiger partial charge on any atom is -0.389 e. The fourth-order valence-corrected chi connectivity index (χ4v) is 6.96. The number of terminal acetylenes is 1. The maximum Gasteiger partial charge on any atom is 0.155 e. The molecule has 3 saturated carbocycles. The van der Waals surface area contributed by atoms with Gasteiger partial charge in [0.2, 0.25) is 0 Å². The van der Waals surface area contributed by atoms with Gasteiger partial charge in [0.05, 0.1) is 6.10 Å². The van der Waals surface area contributed by atoms with Gasteiger partial charge in [-0.25, -0.2) is 0 Å². The molecule has 3 nitrogen and oxygen atoms in total. The van der Waals surface area contributed by atoms with E-state index in [1.54, 1.807) is 6.08 Å². The smallest absolute Gasteiger partial charge is 0.155 e. The standard InChI is InChI=1S/C21H28O3/c1-3-20-9-7-15-14-6-5-13(22)11-17(14)19(23)12-16(15)18(20)8-10-21(20,24)4-2/h2,11,14-16,18-19,23-24H,3,5-10,12H2,1H3/t14-,15-,16+,18+,19+,20-,21-/m0/s1. The normalized spacial score (nSPS) is 50.3. The van der Waals surface area contributed by atoms with E-state index < -0.39 is 11.7 Å². The Morgan fingerprint density at radius 2 is 2.08 bits per heavy atom. The summed E-state index contributed by atoms with van der Waals surface area (Å²) in [5.41, 5.74) is -0.184. The highest BCUT2D eigenvalue weighted by Gasteiger charge is 2.64. The molecule has 4 aliphatic rings. The van der Waals surface area contributed by atoms with Crippen LogP contribution in [0.15, 0.2) is 11.6 Å². The highest BCUT2D eigenvalue weighted by Crippen LogP contribution is 2.66. The van der Waals surface area contributed by atoms with Gasteiger partial charge in [0.15, 0.2) is 5.78 Å². The van der Waals surface area contributed by atoms with Gasteiger partial charge < -0.3 is 10.2 Å². The van der Waals surface area contributed by atoms with Crippen molar-refractivity contribution in [2.24, 2.45) is 29.1 Å². The molecule has 0 saturated heterocycles. The van der Waals surface area contributed by atoms with Crippen LogP contribution in [0, 0.1) is 41.4 Å². The summed E-state index contributed by atoms with van der Waals surface area (Å²) in [6.07, 6.45) is 13.8. The van der Waals surface area contributed by atoms with Crippen molar-refractivity contribution in [2.75, 3.05) is 0 Å². The molecule has 130 valence electrons. The molecule has 0 heterocycles. The van der Waals surface area contributed by atoms with Crippen molar-refractivity contribution in [3.8, 4) is 12.3 Å². The van der Waals surface area contributed by atoms with Gasteiger partial charge in [0.25, 0.3) is 0 Å². The van der Waals surface area contributed by atoms with Gasteiger partial charge in [-0.1, -0.05) is 12.8 Å². The third kappa shape index (κ3) is 1.96. The molecule has 4 aliphatic carbocycles. The van der Waals surface area contributed by atoms with Crippen LogP contribution in [0.2, 0.25) is 0 Å². The maximum atomic E-state index is 11.8. The van der Waals surface area contributed by atoms with Crippen molar-refractivity contribution < 1.29 is 15.0 Å². The quantitative estimate of drug-likeness (QED) is 0.728. The highest BCUT2D eigenvalue weighted by molar-refractivity contribution is 5.91. The van der Waals surface area contributed by atoms with Crippen LogP contribution in [0.5, 0.6) is 0 Å². The van der Waals surface area contributed by atoms with E-state index in [9.17, 15) is 15.0 Å². The molecule has 0 aromatic heterocycles. The lowest BCUT2D eigenvalue weighted by Crippen LogP contribution is -2.55. The SMILES string of the molecule is C#C[C@]1(O)CC[C@@H]2[C@@H]3C[C@@H](O)C4=CC(=O)CC[C@H]4[C@@H]3CC[C@@]21CC. The topological polar surface area (TPSA) is 57.5 Å². The number of aliphatic hydroxyl groups is 2. The third-order valence-electron chi connectivity index (χ3n) is 8.07. The average Bonchev–Trinajstić information content (AvgIpc) is 2.89. The monoisotopic (exact) mass is 328 g/mol. The van der Waals surface area contributed by atoms with E-state index in [0.29, 0.717) is 36.5 Å². The molecule has 2 N–H and O–H groups in total. The van der Waals surface area contributed by atoms with Crippen LogP contribution in [-0.4, -0.2) is 27.7 Å². The van der Waals surface area contributed by atoms with Crippen molar-refractivity contribution in [1.82, 2.24) is 0 Å². The zero-order valence-electron chi connectivity index (χ0n) is 14.5. The Labute approximate surface area is 144 Å². The first-order valence-electron chi connectivity index (χ1n) is 9.58. The van der Waals surface area contributed by atoms with E-state index >= 15 is 0 Å². The van der Waals surface area contributed by atoms with Crippen LogP contribution in [0.25, 0.3) is 0 Å². The molecule has 0 bridgehead atoms. The van der Waals surface area contributed by atoms with Gasteiger partial charge in [0, 0.05) is 11.8 Å². The largest absolute Gasteiger partial charge is 0.389 e. The first-order chi connectivity index (χ1) is 11.5. The molecule has 0 aliphatic heterocycles. The Kier molecular flexibility index (Phi) is 3.71. The summed E-state index contributed by atoms with van der Waals surface area (Å²) >= 11 is 0. The Morgan fingerprint density at radius 1 is 1.29 bits per heavy atom. The summed E-state index contributed by atoms with van der Waals surface area (Å²) in [6, 6.07) is 0. The Balaban J connectivity index is 1.71. The first kappa shape index (κ1) is 16.4. The van der Waals surface area contributed by atoms with E-state index in [2.05, 4.69) is 12.8 Å². The molecule has 4 rings (SSSR count). The van der Waals surface area contributed by atoms with E-state index in [-0.39, 0.29) is 11.2 Å². The van der Waals surface area contributed by atoms with Crippen LogP contribution < -0.4 is 0 Å². The molecule has 3 heteroatoms. The maximum absolute atomic E-state index is 11.8. The van der Waals surface area contributed by atoms with Gasteiger partial charge in [-0.15, -0.1) is 6.42 Å². The zero-order chi connectivity index (χ0) is 17.1. The lowest BCUT2D eigenvalue weighted by Gasteiger charge is -2.56. The van der Waals surface area contributed by atoms with Crippen molar-refractivity contribution in [3.63, 3.8) is 0 Å². The fourth-order valence-electron chi connectivity index (χ4n) is 6.96. The molecule has 24 heavy (non-hydrogen) atoms.